The van der Waals surface area contributed by atoms with Gasteiger partial charge in [0.05, 0.1) is 11.3 Å². The van der Waals surface area contributed by atoms with Crippen molar-refractivity contribution in [3.05, 3.63) is 71.0 Å². The lowest BCUT2D eigenvalue weighted by atomic mass is 10.1. The normalized spacial score (nSPS) is 16.2. The van der Waals surface area contributed by atoms with Gasteiger partial charge < -0.3 is 15.0 Å². The van der Waals surface area contributed by atoms with Gasteiger partial charge in [-0.25, -0.2) is 4.39 Å². The summed E-state index contributed by atoms with van der Waals surface area (Å²) in [4.78, 5) is 37.3. The van der Waals surface area contributed by atoms with Gasteiger partial charge in [-0.1, -0.05) is 36.4 Å². The van der Waals surface area contributed by atoms with Crippen molar-refractivity contribution in [1.82, 2.24) is 10.2 Å². The molecule has 0 spiro atoms. The van der Waals surface area contributed by atoms with Gasteiger partial charge in [-0.05, 0) is 23.3 Å². The lowest BCUT2D eigenvalue weighted by molar-refractivity contribution is -0.145. The van der Waals surface area contributed by atoms with Crippen molar-refractivity contribution < 1.29 is 36.7 Å². The highest BCUT2D eigenvalue weighted by Crippen LogP contribution is 2.40. The fourth-order valence-corrected chi connectivity index (χ4v) is 4.16. The van der Waals surface area contributed by atoms with Gasteiger partial charge in [-0.15, -0.1) is 11.8 Å². The number of ether oxygens (including phenoxy) is 1. The SMILES string of the molecule is O=C(CN1C(=O)CSC1c1ccc(C(F)(F)F)c(F)c1)NCC(=O)OCc1ccccc1. The number of amides is 2. The van der Waals surface area contributed by atoms with Crippen LogP contribution in [0.2, 0.25) is 0 Å². The lowest BCUT2D eigenvalue weighted by Crippen LogP contribution is -2.41. The molecule has 0 radical (unpaired) electrons. The summed E-state index contributed by atoms with van der Waals surface area (Å²) in [5.41, 5.74) is -0.506. The van der Waals surface area contributed by atoms with E-state index in [4.69, 9.17) is 4.74 Å². The van der Waals surface area contributed by atoms with E-state index in [1.165, 1.54) is 0 Å². The van der Waals surface area contributed by atoms with Crippen LogP contribution in [0.4, 0.5) is 17.6 Å². The first-order valence-electron chi connectivity index (χ1n) is 9.39. The van der Waals surface area contributed by atoms with Gasteiger partial charge in [0.2, 0.25) is 11.8 Å². The van der Waals surface area contributed by atoms with E-state index in [1.807, 2.05) is 6.07 Å². The summed E-state index contributed by atoms with van der Waals surface area (Å²) in [6, 6.07) is 11.3. The Morgan fingerprint density at radius 1 is 1.16 bits per heavy atom. The zero-order valence-electron chi connectivity index (χ0n) is 16.5. The fraction of sp³-hybridized carbons (Fsp3) is 0.286. The molecule has 11 heteroatoms. The maximum Gasteiger partial charge on any atom is 0.419 e. The number of alkyl halides is 3. The minimum absolute atomic E-state index is 0.0142. The Bertz CT molecular complexity index is 1000. The monoisotopic (exact) mass is 470 g/mol. The minimum Gasteiger partial charge on any atom is -0.460 e. The molecule has 1 heterocycles. The summed E-state index contributed by atoms with van der Waals surface area (Å²) in [5.74, 6) is -3.23. The average molecular weight is 470 g/mol. The molecule has 2 aromatic carbocycles. The van der Waals surface area contributed by atoms with Gasteiger partial charge >= 0.3 is 12.1 Å². The standard InChI is InChI=1S/C21H18F4N2O4S/c22-16-8-14(6-7-15(16)21(23,24)25)20-27(18(29)12-32-20)10-17(28)26-9-19(30)31-11-13-4-2-1-3-5-13/h1-8,20H,9-12H2,(H,26,28). The molecule has 1 N–H and O–H groups in total. The smallest absolute Gasteiger partial charge is 0.419 e. The lowest BCUT2D eigenvalue weighted by Gasteiger charge is -2.24. The molecular weight excluding hydrogens is 452 g/mol. The third-order valence-corrected chi connectivity index (χ3v) is 5.79. The molecule has 1 aliphatic rings. The highest BCUT2D eigenvalue weighted by atomic mass is 32.2. The molecule has 1 fully saturated rings. The number of esters is 1. The molecule has 0 aliphatic carbocycles. The molecule has 2 amide bonds. The van der Waals surface area contributed by atoms with E-state index in [0.717, 1.165) is 28.3 Å². The maximum absolute atomic E-state index is 13.9. The minimum atomic E-state index is -4.84. The maximum atomic E-state index is 13.9. The van der Waals surface area contributed by atoms with E-state index in [0.29, 0.717) is 12.1 Å². The molecule has 170 valence electrons. The molecular formula is C21H18F4N2O4S. The van der Waals surface area contributed by atoms with E-state index in [9.17, 15) is 31.9 Å². The van der Waals surface area contributed by atoms with Crippen molar-refractivity contribution >= 4 is 29.5 Å². The van der Waals surface area contributed by atoms with Gasteiger partial charge in [0, 0.05) is 0 Å². The van der Waals surface area contributed by atoms with Crippen LogP contribution in [-0.4, -0.2) is 41.5 Å². The first-order chi connectivity index (χ1) is 15.1. The highest BCUT2D eigenvalue weighted by Gasteiger charge is 2.37. The second-order valence-electron chi connectivity index (χ2n) is 6.85. The molecule has 1 atom stereocenters. The molecule has 0 saturated carbocycles. The van der Waals surface area contributed by atoms with Crippen LogP contribution in [0.15, 0.2) is 48.5 Å². The number of rotatable bonds is 7. The summed E-state index contributed by atoms with van der Waals surface area (Å²) in [6.45, 7) is -0.816. The van der Waals surface area contributed by atoms with Gasteiger partial charge in [0.1, 0.15) is 30.9 Å². The van der Waals surface area contributed by atoms with E-state index in [-0.39, 0.29) is 17.9 Å². The summed E-state index contributed by atoms with van der Waals surface area (Å²) >= 11 is 1.06. The largest absolute Gasteiger partial charge is 0.460 e. The highest BCUT2D eigenvalue weighted by molar-refractivity contribution is 8.00. The molecule has 32 heavy (non-hydrogen) atoms. The van der Waals surface area contributed by atoms with Crippen molar-refractivity contribution in [2.45, 2.75) is 18.2 Å². The van der Waals surface area contributed by atoms with Crippen LogP contribution in [0.1, 0.15) is 22.1 Å². The molecule has 2 aromatic rings. The van der Waals surface area contributed by atoms with Crippen LogP contribution in [0.5, 0.6) is 0 Å². The van der Waals surface area contributed by atoms with Gasteiger partial charge in [-0.3, -0.25) is 14.4 Å². The van der Waals surface area contributed by atoms with Crippen molar-refractivity contribution in [3.8, 4) is 0 Å². The Morgan fingerprint density at radius 2 is 1.88 bits per heavy atom. The molecule has 0 aromatic heterocycles. The first kappa shape index (κ1) is 23.6. The average Bonchev–Trinajstić information content (AvgIpc) is 3.10. The summed E-state index contributed by atoms with van der Waals surface area (Å²) < 4.78 is 57.3. The van der Waals surface area contributed by atoms with Crippen LogP contribution in [-0.2, 0) is 31.9 Å². The molecule has 6 nitrogen and oxygen atoms in total. The predicted molar refractivity (Wildman–Crippen MR) is 108 cm³/mol. The topological polar surface area (TPSA) is 75.7 Å². The Morgan fingerprint density at radius 3 is 2.53 bits per heavy atom. The van der Waals surface area contributed by atoms with E-state index in [1.54, 1.807) is 24.3 Å². The van der Waals surface area contributed by atoms with E-state index in [2.05, 4.69) is 5.32 Å². The summed E-state index contributed by atoms with van der Waals surface area (Å²) in [7, 11) is 0. The molecule has 0 bridgehead atoms. The first-order valence-corrected chi connectivity index (χ1v) is 10.4. The number of carbonyl (C=O) groups is 3. The number of carbonyl (C=O) groups excluding carboxylic acids is 3. The Hall–Kier alpha value is -3.08. The molecule has 1 saturated heterocycles. The Labute approximate surface area is 184 Å². The second kappa shape index (κ2) is 10.0. The van der Waals surface area contributed by atoms with Gasteiger partial charge in [-0.2, -0.15) is 13.2 Å². The Balaban J connectivity index is 1.55. The van der Waals surface area contributed by atoms with Gasteiger partial charge in [0.25, 0.3) is 0 Å². The number of hydrogen-bond acceptors (Lipinski definition) is 5. The third-order valence-electron chi connectivity index (χ3n) is 4.54. The van der Waals surface area contributed by atoms with Crippen LogP contribution in [0.25, 0.3) is 0 Å². The van der Waals surface area contributed by atoms with Crippen molar-refractivity contribution in [2.75, 3.05) is 18.8 Å². The van der Waals surface area contributed by atoms with Crippen molar-refractivity contribution in [1.29, 1.82) is 0 Å². The van der Waals surface area contributed by atoms with Crippen LogP contribution in [0, 0.1) is 5.82 Å². The number of nitrogens with zero attached hydrogens (tertiary/aromatic N) is 1. The van der Waals surface area contributed by atoms with Crippen LogP contribution >= 0.6 is 11.8 Å². The van der Waals surface area contributed by atoms with Gasteiger partial charge in [0.15, 0.2) is 0 Å². The quantitative estimate of drug-likeness (QED) is 0.497. The zero-order chi connectivity index (χ0) is 23.3. The second-order valence-corrected chi connectivity index (χ2v) is 7.91. The Kier molecular flexibility index (Phi) is 7.39. The zero-order valence-corrected chi connectivity index (χ0v) is 17.3. The molecule has 3 rings (SSSR count). The number of hydrogen-bond donors (Lipinski definition) is 1. The van der Waals surface area contributed by atoms with Crippen molar-refractivity contribution in [3.63, 3.8) is 0 Å². The van der Waals surface area contributed by atoms with E-state index < -0.39 is 53.8 Å². The van der Waals surface area contributed by atoms with Crippen molar-refractivity contribution in [2.24, 2.45) is 0 Å². The molecule has 1 unspecified atom stereocenters. The number of halogens is 4. The molecule has 1 aliphatic heterocycles. The van der Waals surface area contributed by atoms with E-state index >= 15 is 0 Å². The summed E-state index contributed by atoms with van der Waals surface area (Å²) in [5, 5.41) is 1.52. The number of thioether (sulfide) groups is 1. The van der Waals surface area contributed by atoms with Crippen LogP contribution in [0.3, 0.4) is 0 Å². The fourth-order valence-electron chi connectivity index (χ4n) is 2.99. The third kappa shape index (κ3) is 6.00. The summed E-state index contributed by atoms with van der Waals surface area (Å²) in [6.07, 6.45) is -4.84. The van der Waals surface area contributed by atoms with Crippen LogP contribution < -0.4 is 5.32 Å². The number of nitrogens with one attached hydrogen (secondary N) is 1. The predicted octanol–water partition coefficient (Wildman–Crippen LogP) is 3.28. The number of benzene rings is 2.